The second-order valence-corrected chi connectivity index (χ2v) is 5.11. The van der Waals surface area contributed by atoms with E-state index in [0.717, 1.165) is 30.3 Å². The quantitative estimate of drug-likeness (QED) is 0.845. The molecule has 1 N–H and O–H groups in total. The topological polar surface area (TPSA) is 37.6 Å². The second-order valence-electron chi connectivity index (χ2n) is 5.11. The molecule has 0 radical (unpaired) electrons. The van der Waals surface area contributed by atoms with Crippen molar-refractivity contribution in [3.63, 3.8) is 0 Å². The van der Waals surface area contributed by atoms with Crippen molar-refractivity contribution in [2.45, 2.75) is 26.4 Å². The largest absolute Gasteiger partial charge is 0.496 e. The van der Waals surface area contributed by atoms with Crippen molar-refractivity contribution >= 4 is 5.69 Å². The molecular formula is C17H24N2O2. The molecule has 0 saturated heterocycles. The first-order chi connectivity index (χ1) is 10.2. The van der Waals surface area contributed by atoms with Crippen LogP contribution in [0.25, 0.3) is 0 Å². The predicted molar refractivity (Wildman–Crippen MR) is 85.9 cm³/mol. The van der Waals surface area contributed by atoms with E-state index in [4.69, 9.17) is 9.15 Å². The van der Waals surface area contributed by atoms with Gasteiger partial charge in [-0.1, -0.05) is 13.0 Å². The smallest absolute Gasteiger partial charge is 0.125 e. The Hall–Kier alpha value is -1.94. The molecule has 2 rings (SSSR count). The van der Waals surface area contributed by atoms with Gasteiger partial charge in [-0.3, -0.25) is 0 Å². The Labute approximate surface area is 126 Å². The van der Waals surface area contributed by atoms with E-state index in [1.54, 1.807) is 13.4 Å². The van der Waals surface area contributed by atoms with E-state index in [2.05, 4.69) is 37.2 Å². The zero-order chi connectivity index (χ0) is 15.2. The van der Waals surface area contributed by atoms with Gasteiger partial charge < -0.3 is 19.4 Å². The summed E-state index contributed by atoms with van der Waals surface area (Å²) < 4.78 is 11.0. The van der Waals surface area contributed by atoms with E-state index >= 15 is 0 Å². The fourth-order valence-corrected chi connectivity index (χ4v) is 2.61. The minimum absolute atomic E-state index is 0.222. The van der Waals surface area contributed by atoms with Crippen molar-refractivity contribution in [3.05, 3.63) is 47.9 Å². The number of benzene rings is 1. The van der Waals surface area contributed by atoms with Crippen LogP contribution < -0.4 is 15.0 Å². The van der Waals surface area contributed by atoms with Crippen LogP contribution in [0.3, 0.4) is 0 Å². The van der Waals surface area contributed by atoms with Gasteiger partial charge in [0.15, 0.2) is 0 Å². The number of methoxy groups -OCH3 is 1. The van der Waals surface area contributed by atoms with Gasteiger partial charge in [0.05, 0.1) is 19.9 Å². The van der Waals surface area contributed by atoms with Crippen LogP contribution in [0.1, 0.15) is 31.2 Å². The number of nitrogens with zero attached hydrogens (tertiary/aromatic N) is 1. The van der Waals surface area contributed by atoms with Gasteiger partial charge in [0.25, 0.3) is 0 Å². The van der Waals surface area contributed by atoms with Crippen LogP contribution in [0.5, 0.6) is 5.75 Å². The summed E-state index contributed by atoms with van der Waals surface area (Å²) in [5.74, 6) is 1.86. The van der Waals surface area contributed by atoms with E-state index in [1.165, 1.54) is 5.56 Å². The Bertz CT molecular complexity index is 552. The van der Waals surface area contributed by atoms with Crippen LogP contribution in [0.15, 0.2) is 41.0 Å². The molecule has 4 nitrogen and oxygen atoms in total. The molecule has 1 heterocycles. The van der Waals surface area contributed by atoms with Crippen molar-refractivity contribution in [3.8, 4) is 5.75 Å². The standard InChI is InChI=1S/C17H24N2O2/c1-5-18-13(2)17-15(9-6-10-16(17)20-4)19(3)12-14-8-7-11-21-14/h6-11,13,18H,5,12H2,1-4H3. The molecule has 0 fully saturated rings. The maximum absolute atomic E-state index is 5.55. The van der Waals surface area contributed by atoms with Crippen LogP contribution in [0.4, 0.5) is 5.69 Å². The molecule has 0 spiro atoms. The molecule has 0 aliphatic carbocycles. The number of furan rings is 1. The lowest BCUT2D eigenvalue weighted by Gasteiger charge is -2.26. The molecule has 0 amide bonds. The lowest BCUT2D eigenvalue weighted by molar-refractivity contribution is 0.402. The maximum Gasteiger partial charge on any atom is 0.125 e. The van der Waals surface area contributed by atoms with Crippen molar-refractivity contribution in [2.24, 2.45) is 0 Å². The number of anilines is 1. The number of rotatable bonds is 7. The Morgan fingerprint density at radius 1 is 1.29 bits per heavy atom. The molecule has 21 heavy (non-hydrogen) atoms. The molecule has 1 aromatic heterocycles. The van der Waals surface area contributed by atoms with Gasteiger partial charge in [-0.25, -0.2) is 0 Å². The third-order valence-electron chi connectivity index (χ3n) is 3.59. The summed E-state index contributed by atoms with van der Waals surface area (Å²) in [5.41, 5.74) is 2.33. The van der Waals surface area contributed by atoms with Gasteiger partial charge in [-0.15, -0.1) is 0 Å². The van der Waals surface area contributed by atoms with Gasteiger partial charge in [0.2, 0.25) is 0 Å². The minimum Gasteiger partial charge on any atom is -0.496 e. The highest BCUT2D eigenvalue weighted by molar-refractivity contribution is 5.60. The molecular weight excluding hydrogens is 264 g/mol. The Morgan fingerprint density at radius 3 is 2.71 bits per heavy atom. The molecule has 0 bridgehead atoms. The molecule has 4 heteroatoms. The molecule has 1 atom stereocenters. The normalized spacial score (nSPS) is 12.2. The molecule has 0 aliphatic heterocycles. The van der Waals surface area contributed by atoms with Crippen LogP contribution in [0, 0.1) is 0 Å². The van der Waals surface area contributed by atoms with Crippen LogP contribution in [0.2, 0.25) is 0 Å². The van der Waals surface area contributed by atoms with Gasteiger partial charge in [-0.2, -0.15) is 0 Å². The number of hydrogen-bond donors (Lipinski definition) is 1. The van der Waals surface area contributed by atoms with E-state index in [-0.39, 0.29) is 6.04 Å². The summed E-state index contributed by atoms with van der Waals surface area (Å²) in [6, 6.07) is 10.3. The molecule has 1 unspecified atom stereocenters. The highest BCUT2D eigenvalue weighted by Crippen LogP contribution is 2.34. The Kier molecular flexibility index (Phi) is 5.28. The summed E-state index contributed by atoms with van der Waals surface area (Å²) in [6.45, 7) is 5.91. The molecule has 2 aromatic rings. The lowest BCUT2D eigenvalue weighted by atomic mass is 10.0. The van der Waals surface area contributed by atoms with Crippen molar-refractivity contribution < 1.29 is 9.15 Å². The van der Waals surface area contributed by atoms with Gasteiger partial charge in [0.1, 0.15) is 11.5 Å². The fourth-order valence-electron chi connectivity index (χ4n) is 2.61. The number of hydrogen-bond acceptors (Lipinski definition) is 4. The Balaban J connectivity index is 2.32. The Morgan fingerprint density at radius 2 is 2.10 bits per heavy atom. The SMILES string of the molecule is CCNC(C)c1c(OC)cccc1N(C)Cc1ccco1. The van der Waals surface area contributed by atoms with E-state index in [9.17, 15) is 0 Å². The highest BCUT2D eigenvalue weighted by Gasteiger charge is 2.18. The monoisotopic (exact) mass is 288 g/mol. The first-order valence-corrected chi connectivity index (χ1v) is 7.31. The molecule has 1 aromatic carbocycles. The minimum atomic E-state index is 0.222. The third kappa shape index (κ3) is 3.58. The summed E-state index contributed by atoms with van der Waals surface area (Å²) in [6.07, 6.45) is 1.71. The van der Waals surface area contributed by atoms with Crippen molar-refractivity contribution in [1.29, 1.82) is 0 Å². The summed E-state index contributed by atoms with van der Waals surface area (Å²) in [4.78, 5) is 2.19. The molecule has 0 aliphatic rings. The van der Waals surface area contributed by atoms with Crippen LogP contribution in [-0.4, -0.2) is 20.7 Å². The molecule has 114 valence electrons. The van der Waals surface area contributed by atoms with Crippen LogP contribution in [-0.2, 0) is 6.54 Å². The molecule has 0 saturated carbocycles. The summed E-state index contributed by atoms with van der Waals surface area (Å²) in [7, 11) is 3.78. The lowest BCUT2D eigenvalue weighted by Crippen LogP contribution is -2.23. The highest BCUT2D eigenvalue weighted by atomic mass is 16.5. The van der Waals surface area contributed by atoms with Crippen molar-refractivity contribution in [1.82, 2.24) is 5.32 Å². The van der Waals surface area contributed by atoms with E-state index in [1.807, 2.05) is 24.3 Å². The maximum atomic E-state index is 5.55. The third-order valence-corrected chi connectivity index (χ3v) is 3.59. The summed E-state index contributed by atoms with van der Waals surface area (Å²) >= 11 is 0. The number of ether oxygens (including phenoxy) is 1. The predicted octanol–water partition coefficient (Wildman–Crippen LogP) is 3.60. The first-order valence-electron chi connectivity index (χ1n) is 7.31. The second kappa shape index (κ2) is 7.18. The van der Waals surface area contributed by atoms with Gasteiger partial charge in [0, 0.05) is 24.3 Å². The van der Waals surface area contributed by atoms with E-state index < -0.39 is 0 Å². The van der Waals surface area contributed by atoms with Crippen molar-refractivity contribution in [2.75, 3.05) is 25.6 Å². The van der Waals surface area contributed by atoms with Crippen LogP contribution >= 0.6 is 0 Å². The average Bonchev–Trinajstić information content (AvgIpc) is 2.99. The first kappa shape index (κ1) is 15.4. The zero-order valence-corrected chi connectivity index (χ0v) is 13.2. The average molecular weight is 288 g/mol. The van der Waals surface area contributed by atoms with Gasteiger partial charge in [-0.05, 0) is 37.7 Å². The van der Waals surface area contributed by atoms with Gasteiger partial charge >= 0.3 is 0 Å². The van der Waals surface area contributed by atoms with E-state index in [0.29, 0.717) is 0 Å². The number of nitrogens with one attached hydrogen (secondary N) is 1. The summed E-state index contributed by atoms with van der Waals surface area (Å²) in [5, 5.41) is 3.46. The zero-order valence-electron chi connectivity index (χ0n) is 13.2. The fraction of sp³-hybridized carbons (Fsp3) is 0.412.